The van der Waals surface area contributed by atoms with E-state index in [1.165, 1.54) is 0 Å². The summed E-state index contributed by atoms with van der Waals surface area (Å²) in [4.78, 5) is 9.19. The van der Waals surface area contributed by atoms with E-state index in [4.69, 9.17) is 5.73 Å². The van der Waals surface area contributed by atoms with Gasteiger partial charge in [0.25, 0.3) is 0 Å². The van der Waals surface area contributed by atoms with Gasteiger partial charge in [0.05, 0.1) is 6.04 Å². The van der Waals surface area contributed by atoms with Crippen molar-refractivity contribution in [2.24, 2.45) is 11.7 Å². The van der Waals surface area contributed by atoms with E-state index in [1.807, 2.05) is 0 Å². The topological polar surface area (TPSA) is 51.8 Å². The van der Waals surface area contributed by atoms with Crippen LogP contribution in [0.2, 0.25) is 0 Å². The Bertz CT molecular complexity index is 358. The lowest BCUT2D eigenvalue weighted by Crippen LogP contribution is -2.21. The van der Waals surface area contributed by atoms with Crippen LogP contribution < -0.4 is 5.73 Å². The number of aryl methyl sites for hydroxylation is 1. The maximum absolute atomic E-state index is 6.15. The van der Waals surface area contributed by atoms with Crippen LogP contribution in [0.4, 0.5) is 0 Å². The van der Waals surface area contributed by atoms with Crippen molar-refractivity contribution in [3.8, 4) is 0 Å². The molecule has 3 nitrogen and oxygen atoms in total. The highest BCUT2D eigenvalue weighted by atomic mass is 14.9. The van der Waals surface area contributed by atoms with Gasteiger partial charge in [-0.2, -0.15) is 0 Å². The van der Waals surface area contributed by atoms with Gasteiger partial charge in [0.15, 0.2) is 0 Å². The molecule has 0 bridgehead atoms. The lowest BCUT2D eigenvalue weighted by molar-refractivity contribution is 0.485. The molecule has 0 amide bonds. The fraction of sp³-hybridized carbons (Fsp3) is 0.714. The summed E-state index contributed by atoms with van der Waals surface area (Å²) in [5.74, 6) is 1.59. The van der Waals surface area contributed by atoms with Crippen LogP contribution in [0, 0.1) is 5.92 Å². The van der Waals surface area contributed by atoms with Crippen LogP contribution in [0.5, 0.6) is 0 Å². The van der Waals surface area contributed by atoms with Crippen LogP contribution in [-0.4, -0.2) is 9.97 Å². The van der Waals surface area contributed by atoms with E-state index in [0.29, 0.717) is 11.8 Å². The van der Waals surface area contributed by atoms with E-state index in [1.54, 1.807) is 0 Å². The number of nitrogens with two attached hydrogens (primary N) is 1. The van der Waals surface area contributed by atoms with Crippen LogP contribution in [0.1, 0.15) is 70.2 Å². The van der Waals surface area contributed by atoms with Gasteiger partial charge in [0.1, 0.15) is 5.82 Å². The Kier molecular flexibility index (Phi) is 5.06. The lowest BCUT2D eigenvalue weighted by Gasteiger charge is -2.17. The minimum Gasteiger partial charge on any atom is -0.321 e. The molecule has 0 saturated heterocycles. The summed E-state index contributed by atoms with van der Waals surface area (Å²) in [6, 6.07) is 2.05. The SMILES string of the molecule is CCCc1cc(C(C)C)nc(C(N)C(C)C)n1. The summed E-state index contributed by atoms with van der Waals surface area (Å²) in [6.45, 7) is 10.7. The number of rotatable bonds is 5. The molecule has 0 aliphatic heterocycles. The van der Waals surface area contributed by atoms with Gasteiger partial charge in [-0.15, -0.1) is 0 Å². The molecule has 96 valence electrons. The minimum absolute atomic E-state index is 0.0655. The summed E-state index contributed by atoms with van der Waals surface area (Å²) >= 11 is 0. The molecule has 3 heteroatoms. The highest BCUT2D eigenvalue weighted by Gasteiger charge is 2.16. The zero-order chi connectivity index (χ0) is 13.0. The van der Waals surface area contributed by atoms with E-state index in [0.717, 1.165) is 30.1 Å². The maximum atomic E-state index is 6.15. The normalized spacial score (nSPS) is 13.4. The molecule has 1 aromatic heterocycles. The van der Waals surface area contributed by atoms with E-state index in [9.17, 15) is 0 Å². The molecule has 0 saturated carbocycles. The average molecular weight is 235 g/mol. The van der Waals surface area contributed by atoms with Crippen molar-refractivity contribution in [3.05, 3.63) is 23.3 Å². The third-order valence-corrected chi connectivity index (χ3v) is 2.93. The molecule has 1 unspecified atom stereocenters. The van der Waals surface area contributed by atoms with Crippen LogP contribution in [-0.2, 0) is 6.42 Å². The van der Waals surface area contributed by atoms with Gasteiger partial charge < -0.3 is 5.73 Å². The third kappa shape index (κ3) is 3.77. The summed E-state index contributed by atoms with van der Waals surface area (Å²) in [7, 11) is 0. The number of nitrogens with zero attached hydrogens (tertiary/aromatic N) is 2. The highest BCUT2D eigenvalue weighted by Crippen LogP contribution is 2.20. The second-order valence-electron chi connectivity index (χ2n) is 5.32. The fourth-order valence-corrected chi connectivity index (χ4v) is 1.67. The number of hydrogen-bond acceptors (Lipinski definition) is 3. The van der Waals surface area contributed by atoms with E-state index in [-0.39, 0.29) is 6.04 Å². The Labute approximate surface area is 105 Å². The predicted octanol–water partition coefficient (Wildman–Crippen LogP) is 3.21. The molecule has 1 heterocycles. The van der Waals surface area contributed by atoms with Gasteiger partial charge in [-0.05, 0) is 24.3 Å². The molecule has 0 radical (unpaired) electrons. The Morgan fingerprint density at radius 3 is 2.29 bits per heavy atom. The van der Waals surface area contributed by atoms with E-state index < -0.39 is 0 Å². The number of hydrogen-bond donors (Lipinski definition) is 1. The van der Waals surface area contributed by atoms with Gasteiger partial charge >= 0.3 is 0 Å². The quantitative estimate of drug-likeness (QED) is 0.852. The van der Waals surface area contributed by atoms with Crippen LogP contribution in [0.3, 0.4) is 0 Å². The van der Waals surface area contributed by atoms with Crippen molar-refractivity contribution in [2.45, 2.75) is 59.4 Å². The van der Waals surface area contributed by atoms with Gasteiger partial charge in [-0.3, -0.25) is 0 Å². The van der Waals surface area contributed by atoms with E-state index in [2.05, 4.69) is 50.7 Å². The van der Waals surface area contributed by atoms with Crippen molar-refractivity contribution in [1.29, 1.82) is 0 Å². The van der Waals surface area contributed by atoms with Crippen LogP contribution in [0.25, 0.3) is 0 Å². The van der Waals surface area contributed by atoms with Crippen LogP contribution >= 0.6 is 0 Å². The molecule has 0 spiro atoms. The molecule has 0 aliphatic rings. The van der Waals surface area contributed by atoms with Crippen LogP contribution in [0.15, 0.2) is 6.07 Å². The summed E-state index contributed by atoms with van der Waals surface area (Å²) in [5, 5.41) is 0. The number of aromatic nitrogens is 2. The first kappa shape index (κ1) is 14.1. The Morgan fingerprint density at radius 2 is 1.82 bits per heavy atom. The zero-order valence-electron chi connectivity index (χ0n) is 11.7. The first-order chi connectivity index (χ1) is 7.95. The standard InChI is InChI=1S/C14H25N3/c1-6-7-11-8-12(9(2)3)17-14(16-11)13(15)10(4)5/h8-10,13H,6-7,15H2,1-5H3. The first-order valence-electron chi connectivity index (χ1n) is 6.59. The van der Waals surface area contributed by atoms with Gasteiger partial charge in [-0.25, -0.2) is 9.97 Å². The molecule has 0 aromatic carbocycles. The predicted molar refractivity (Wildman–Crippen MR) is 71.9 cm³/mol. The maximum Gasteiger partial charge on any atom is 0.145 e. The van der Waals surface area contributed by atoms with Crippen molar-refractivity contribution in [1.82, 2.24) is 9.97 Å². The minimum atomic E-state index is -0.0655. The van der Waals surface area contributed by atoms with E-state index >= 15 is 0 Å². The fourth-order valence-electron chi connectivity index (χ4n) is 1.67. The van der Waals surface area contributed by atoms with Gasteiger partial charge in [-0.1, -0.05) is 41.0 Å². The summed E-state index contributed by atoms with van der Waals surface area (Å²) in [5.41, 5.74) is 8.38. The van der Waals surface area contributed by atoms with Gasteiger partial charge in [0.2, 0.25) is 0 Å². The largest absolute Gasteiger partial charge is 0.321 e. The second-order valence-corrected chi connectivity index (χ2v) is 5.32. The molecule has 17 heavy (non-hydrogen) atoms. The molecular formula is C14H25N3. The molecule has 1 rings (SSSR count). The molecule has 0 fully saturated rings. The molecule has 0 aliphatic carbocycles. The van der Waals surface area contributed by atoms with Gasteiger partial charge in [0, 0.05) is 11.4 Å². The third-order valence-electron chi connectivity index (χ3n) is 2.93. The molecule has 1 aromatic rings. The summed E-state index contributed by atoms with van der Waals surface area (Å²) in [6.07, 6.45) is 2.10. The second kappa shape index (κ2) is 6.10. The molecule has 1 atom stereocenters. The molecular weight excluding hydrogens is 210 g/mol. The van der Waals surface area contributed by atoms with Crippen molar-refractivity contribution >= 4 is 0 Å². The average Bonchev–Trinajstić information content (AvgIpc) is 2.27. The molecule has 2 N–H and O–H groups in total. The zero-order valence-corrected chi connectivity index (χ0v) is 11.7. The highest BCUT2D eigenvalue weighted by molar-refractivity contribution is 5.16. The summed E-state index contributed by atoms with van der Waals surface area (Å²) < 4.78 is 0. The lowest BCUT2D eigenvalue weighted by atomic mass is 10.0. The first-order valence-corrected chi connectivity index (χ1v) is 6.59. The smallest absolute Gasteiger partial charge is 0.145 e. The van der Waals surface area contributed by atoms with Crippen molar-refractivity contribution in [3.63, 3.8) is 0 Å². The Balaban J connectivity index is 3.11. The Hall–Kier alpha value is -0.960. The Morgan fingerprint density at radius 1 is 1.18 bits per heavy atom. The van der Waals surface area contributed by atoms with Crippen molar-refractivity contribution in [2.75, 3.05) is 0 Å². The van der Waals surface area contributed by atoms with Crippen molar-refractivity contribution < 1.29 is 0 Å². The monoisotopic (exact) mass is 235 g/mol.